The fourth-order valence-corrected chi connectivity index (χ4v) is 3.32. The summed E-state index contributed by atoms with van der Waals surface area (Å²) in [6.07, 6.45) is 1.99. The Labute approximate surface area is 158 Å². The molecular formula is C21H23N3O3. The lowest BCUT2D eigenvalue weighted by Gasteiger charge is -2.18. The molecule has 6 nitrogen and oxygen atoms in total. The molecule has 0 spiro atoms. The molecule has 2 aromatic heterocycles. The van der Waals surface area contributed by atoms with Crippen LogP contribution in [0.5, 0.6) is 0 Å². The van der Waals surface area contributed by atoms with Crippen LogP contribution in [-0.4, -0.2) is 27.5 Å². The first kappa shape index (κ1) is 17.5. The van der Waals surface area contributed by atoms with Gasteiger partial charge in [-0.1, -0.05) is 50.2 Å². The van der Waals surface area contributed by atoms with Crippen molar-refractivity contribution in [3.63, 3.8) is 0 Å². The Hall–Kier alpha value is -2.89. The Morgan fingerprint density at radius 3 is 2.63 bits per heavy atom. The van der Waals surface area contributed by atoms with Crippen LogP contribution in [0.25, 0.3) is 11.4 Å². The van der Waals surface area contributed by atoms with E-state index in [-0.39, 0.29) is 17.2 Å². The number of aromatic nitrogens is 2. The number of likely N-dealkylation sites (tertiary alicyclic amines) is 1. The van der Waals surface area contributed by atoms with Gasteiger partial charge in [-0.3, -0.25) is 4.79 Å². The van der Waals surface area contributed by atoms with Crippen LogP contribution >= 0.6 is 0 Å². The van der Waals surface area contributed by atoms with Gasteiger partial charge < -0.3 is 13.8 Å². The second kappa shape index (κ2) is 6.68. The third-order valence-electron chi connectivity index (χ3n) is 4.94. The molecule has 6 heteroatoms. The lowest BCUT2D eigenvalue weighted by atomic mass is 9.87. The lowest BCUT2D eigenvalue weighted by molar-refractivity contribution is -0.128. The highest BCUT2D eigenvalue weighted by molar-refractivity contribution is 5.79. The van der Waals surface area contributed by atoms with Crippen LogP contribution in [0.3, 0.4) is 0 Å². The summed E-state index contributed by atoms with van der Waals surface area (Å²) in [6, 6.07) is 11.9. The molecule has 1 atom stereocenters. The van der Waals surface area contributed by atoms with Gasteiger partial charge in [0.05, 0.1) is 18.7 Å². The molecule has 3 aromatic rings. The van der Waals surface area contributed by atoms with E-state index in [1.165, 1.54) is 5.56 Å². The van der Waals surface area contributed by atoms with Crippen molar-refractivity contribution in [2.45, 2.75) is 45.1 Å². The minimum absolute atomic E-state index is 0.0747. The number of amides is 1. The molecule has 1 amide bonds. The van der Waals surface area contributed by atoms with E-state index in [1.807, 2.05) is 24.3 Å². The van der Waals surface area contributed by atoms with Crippen LogP contribution in [0.2, 0.25) is 0 Å². The molecule has 1 saturated heterocycles. The molecule has 0 radical (unpaired) electrons. The summed E-state index contributed by atoms with van der Waals surface area (Å²) in [6.45, 7) is 7.57. The quantitative estimate of drug-likeness (QED) is 0.695. The molecule has 0 bridgehead atoms. The van der Waals surface area contributed by atoms with Crippen LogP contribution in [-0.2, 0) is 16.8 Å². The molecule has 1 fully saturated rings. The zero-order valence-electron chi connectivity index (χ0n) is 15.8. The minimum Gasteiger partial charge on any atom is -0.467 e. The van der Waals surface area contributed by atoms with Crippen molar-refractivity contribution in [2.24, 2.45) is 0 Å². The third kappa shape index (κ3) is 3.65. The average Bonchev–Trinajstić information content (AvgIpc) is 3.37. The fraction of sp³-hybridized carbons (Fsp3) is 0.381. The largest absolute Gasteiger partial charge is 0.467 e. The van der Waals surface area contributed by atoms with Crippen molar-refractivity contribution >= 4 is 5.91 Å². The summed E-state index contributed by atoms with van der Waals surface area (Å²) < 4.78 is 10.8. The highest BCUT2D eigenvalue weighted by Crippen LogP contribution is 2.30. The van der Waals surface area contributed by atoms with Gasteiger partial charge in [-0.25, -0.2) is 0 Å². The smallest absolute Gasteiger partial charge is 0.232 e. The maximum atomic E-state index is 12.3. The Morgan fingerprint density at radius 1 is 1.19 bits per heavy atom. The topological polar surface area (TPSA) is 72.4 Å². The average molecular weight is 365 g/mol. The summed E-state index contributed by atoms with van der Waals surface area (Å²) in [7, 11) is 0. The van der Waals surface area contributed by atoms with Gasteiger partial charge in [-0.05, 0) is 23.1 Å². The first-order valence-corrected chi connectivity index (χ1v) is 9.15. The standard InChI is InChI=1S/C21H23N3O3/c1-21(2,3)16-8-6-14(7-9-16)19-22-20(27-23-19)15-11-18(25)24(12-15)13-17-5-4-10-26-17/h4-10,15H,11-13H2,1-3H3. The number of hydrogen-bond acceptors (Lipinski definition) is 5. The number of furan rings is 1. The summed E-state index contributed by atoms with van der Waals surface area (Å²) in [5.41, 5.74) is 2.27. The molecule has 1 unspecified atom stereocenters. The van der Waals surface area contributed by atoms with E-state index in [0.29, 0.717) is 31.2 Å². The predicted molar refractivity (Wildman–Crippen MR) is 99.9 cm³/mol. The summed E-state index contributed by atoms with van der Waals surface area (Å²) >= 11 is 0. The van der Waals surface area contributed by atoms with Crippen molar-refractivity contribution < 1.29 is 13.7 Å². The highest BCUT2D eigenvalue weighted by atomic mass is 16.5. The van der Waals surface area contributed by atoms with Crippen LogP contribution < -0.4 is 0 Å². The van der Waals surface area contributed by atoms with Crippen LogP contribution in [0, 0.1) is 0 Å². The van der Waals surface area contributed by atoms with Crippen molar-refractivity contribution in [3.8, 4) is 11.4 Å². The number of hydrogen-bond donors (Lipinski definition) is 0. The van der Waals surface area contributed by atoms with Gasteiger partial charge >= 0.3 is 0 Å². The molecule has 0 saturated carbocycles. The molecule has 27 heavy (non-hydrogen) atoms. The number of carbonyl (C=O) groups excluding carboxylic acids is 1. The molecule has 1 aromatic carbocycles. The molecule has 3 heterocycles. The monoisotopic (exact) mass is 365 g/mol. The first-order chi connectivity index (χ1) is 12.9. The lowest BCUT2D eigenvalue weighted by Crippen LogP contribution is -2.24. The Kier molecular flexibility index (Phi) is 4.34. The van der Waals surface area contributed by atoms with Crippen LogP contribution in [0.4, 0.5) is 0 Å². The van der Waals surface area contributed by atoms with Crippen molar-refractivity contribution in [1.29, 1.82) is 0 Å². The van der Waals surface area contributed by atoms with Gasteiger partial charge in [-0.15, -0.1) is 0 Å². The van der Waals surface area contributed by atoms with E-state index >= 15 is 0 Å². The Morgan fingerprint density at radius 2 is 1.96 bits per heavy atom. The molecule has 1 aliphatic heterocycles. The normalized spacial score (nSPS) is 17.7. The molecule has 140 valence electrons. The second-order valence-electron chi connectivity index (χ2n) is 8.04. The Bertz CT molecular complexity index is 920. The van der Waals surface area contributed by atoms with Gasteiger partial charge in [0.2, 0.25) is 17.6 Å². The number of benzene rings is 1. The number of carbonyl (C=O) groups is 1. The fourth-order valence-electron chi connectivity index (χ4n) is 3.32. The maximum absolute atomic E-state index is 12.3. The molecule has 1 aliphatic rings. The number of rotatable bonds is 4. The zero-order valence-corrected chi connectivity index (χ0v) is 15.8. The van der Waals surface area contributed by atoms with E-state index in [9.17, 15) is 4.79 Å². The van der Waals surface area contributed by atoms with Crippen LogP contribution in [0.1, 0.15) is 50.3 Å². The van der Waals surface area contributed by atoms with E-state index in [1.54, 1.807) is 11.2 Å². The van der Waals surface area contributed by atoms with E-state index < -0.39 is 0 Å². The van der Waals surface area contributed by atoms with Crippen LogP contribution in [0.15, 0.2) is 51.6 Å². The maximum Gasteiger partial charge on any atom is 0.232 e. The summed E-state index contributed by atoms with van der Waals surface area (Å²) in [5, 5.41) is 4.11. The molecule has 0 aliphatic carbocycles. The van der Waals surface area contributed by atoms with Gasteiger partial charge in [0.1, 0.15) is 5.76 Å². The first-order valence-electron chi connectivity index (χ1n) is 9.15. The van der Waals surface area contributed by atoms with Crippen molar-refractivity contribution in [1.82, 2.24) is 15.0 Å². The van der Waals surface area contributed by atoms with Gasteiger partial charge in [0, 0.05) is 18.5 Å². The second-order valence-corrected chi connectivity index (χ2v) is 8.04. The highest BCUT2D eigenvalue weighted by Gasteiger charge is 2.34. The SMILES string of the molecule is CC(C)(C)c1ccc(-c2noc(C3CC(=O)N(Cc4ccco4)C3)n2)cc1. The van der Waals surface area contributed by atoms with Crippen molar-refractivity contribution in [3.05, 3.63) is 59.9 Å². The predicted octanol–water partition coefficient (Wildman–Crippen LogP) is 4.14. The zero-order chi connectivity index (χ0) is 19.0. The van der Waals surface area contributed by atoms with Gasteiger partial charge in [0.25, 0.3) is 0 Å². The van der Waals surface area contributed by atoms with Gasteiger partial charge in [0.15, 0.2) is 0 Å². The van der Waals surface area contributed by atoms with Gasteiger partial charge in [-0.2, -0.15) is 4.98 Å². The Balaban J connectivity index is 1.47. The number of nitrogens with zero attached hydrogens (tertiary/aromatic N) is 3. The van der Waals surface area contributed by atoms with E-state index in [4.69, 9.17) is 8.94 Å². The summed E-state index contributed by atoms with van der Waals surface area (Å²) in [4.78, 5) is 18.6. The minimum atomic E-state index is -0.0810. The molecule has 4 rings (SSSR count). The summed E-state index contributed by atoms with van der Waals surface area (Å²) in [5.74, 6) is 1.84. The van der Waals surface area contributed by atoms with E-state index in [2.05, 4.69) is 43.0 Å². The molecule has 0 N–H and O–H groups in total. The third-order valence-corrected chi connectivity index (χ3v) is 4.94. The van der Waals surface area contributed by atoms with E-state index in [0.717, 1.165) is 11.3 Å². The van der Waals surface area contributed by atoms with Crippen molar-refractivity contribution in [2.75, 3.05) is 6.54 Å². The molecular weight excluding hydrogens is 342 g/mol.